The molecule has 3 N–H and O–H groups in total. The monoisotopic (exact) mass is 273 g/mol. The molecule has 1 rings (SSSR count). The van der Waals surface area contributed by atoms with Crippen LogP contribution >= 0.6 is 0 Å². The maximum Gasteiger partial charge on any atom is 0.224 e. The molecular formula is C13H27N3O3. The van der Waals surface area contributed by atoms with E-state index in [4.69, 9.17) is 15.2 Å². The Morgan fingerprint density at radius 2 is 2.21 bits per heavy atom. The Balaban J connectivity index is 2.16. The second-order valence-corrected chi connectivity index (χ2v) is 4.78. The third-order valence-electron chi connectivity index (χ3n) is 3.26. The summed E-state index contributed by atoms with van der Waals surface area (Å²) in [5.41, 5.74) is 5.51. The van der Waals surface area contributed by atoms with E-state index in [0.29, 0.717) is 52.4 Å². The normalized spacial score (nSPS) is 17.5. The van der Waals surface area contributed by atoms with Gasteiger partial charge in [-0.3, -0.25) is 4.79 Å². The minimum atomic E-state index is 0.200. The lowest BCUT2D eigenvalue weighted by atomic mass is 10.1. The number of ether oxygens (including phenoxy) is 2. The van der Waals surface area contributed by atoms with Gasteiger partial charge in [0, 0.05) is 39.2 Å². The van der Waals surface area contributed by atoms with Crippen molar-refractivity contribution in [1.82, 2.24) is 10.2 Å². The quantitative estimate of drug-likeness (QED) is 0.596. The number of rotatable bonds is 9. The van der Waals surface area contributed by atoms with Crippen molar-refractivity contribution in [2.24, 2.45) is 5.73 Å². The maximum atomic E-state index is 11.9. The van der Waals surface area contributed by atoms with Gasteiger partial charge in [-0.25, -0.2) is 0 Å². The number of nitrogens with one attached hydrogen (secondary N) is 1. The topological polar surface area (TPSA) is 76.8 Å². The molecule has 1 fully saturated rings. The van der Waals surface area contributed by atoms with Gasteiger partial charge in [-0.1, -0.05) is 0 Å². The van der Waals surface area contributed by atoms with E-state index in [1.807, 2.05) is 4.90 Å². The van der Waals surface area contributed by atoms with Gasteiger partial charge >= 0.3 is 0 Å². The molecule has 6 heteroatoms. The Hall–Kier alpha value is -0.690. The van der Waals surface area contributed by atoms with Crippen LogP contribution in [0.4, 0.5) is 0 Å². The molecular weight excluding hydrogens is 246 g/mol. The molecule has 0 radical (unpaired) electrons. The Morgan fingerprint density at radius 3 is 2.84 bits per heavy atom. The first kappa shape index (κ1) is 16.4. The van der Waals surface area contributed by atoms with Gasteiger partial charge in [0.1, 0.15) is 0 Å². The summed E-state index contributed by atoms with van der Waals surface area (Å²) in [5.74, 6) is 0.200. The molecule has 1 saturated heterocycles. The van der Waals surface area contributed by atoms with E-state index < -0.39 is 0 Å². The molecule has 0 aromatic heterocycles. The van der Waals surface area contributed by atoms with Crippen molar-refractivity contribution in [2.75, 3.05) is 53.1 Å². The van der Waals surface area contributed by atoms with E-state index in [2.05, 4.69) is 5.32 Å². The third kappa shape index (κ3) is 6.87. The van der Waals surface area contributed by atoms with Crippen molar-refractivity contribution in [3.8, 4) is 0 Å². The molecule has 112 valence electrons. The van der Waals surface area contributed by atoms with Crippen LogP contribution in [0.25, 0.3) is 0 Å². The number of carbonyl (C=O) groups is 1. The summed E-state index contributed by atoms with van der Waals surface area (Å²) in [6.07, 6.45) is 2.48. The van der Waals surface area contributed by atoms with Crippen molar-refractivity contribution in [1.29, 1.82) is 0 Å². The third-order valence-corrected chi connectivity index (χ3v) is 3.26. The lowest BCUT2D eigenvalue weighted by molar-refractivity contribution is -0.135. The van der Waals surface area contributed by atoms with E-state index in [1.54, 1.807) is 7.11 Å². The molecule has 1 heterocycles. The van der Waals surface area contributed by atoms with Gasteiger partial charge in [-0.05, 0) is 19.4 Å². The highest BCUT2D eigenvalue weighted by molar-refractivity contribution is 5.76. The molecule has 0 aliphatic carbocycles. The molecule has 1 atom stereocenters. The lowest BCUT2D eigenvalue weighted by Crippen LogP contribution is -2.42. The first-order valence-corrected chi connectivity index (χ1v) is 7.05. The summed E-state index contributed by atoms with van der Waals surface area (Å²) in [7, 11) is 1.69. The number of nitrogens with two attached hydrogens (primary N) is 1. The van der Waals surface area contributed by atoms with Crippen molar-refractivity contribution in [3.05, 3.63) is 0 Å². The van der Waals surface area contributed by atoms with Crippen LogP contribution in [-0.4, -0.2) is 70.0 Å². The minimum absolute atomic E-state index is 0.200. The smallest absolute Gasteiger partial charge is 0.224 e. The summed E-state index contributed by atoms with van der Waals surface area (Å²) in [5, 5.41) is 3.37. The van der Waals surface area contributed by atoms with Crippen LogP contribution in [0.2, 0.25) is 0 Å². The Bertz CT molecular complexity index is 245. The Morgan fingerprint density at radius 1 is 1.47 bits per heavy atom. The fourth-order valence-electron chi connectivity index (χ4n) is 2.16. The zero-order valence-corrected chi connectivity index (χ0v) is 11.9. The van der Waals surface area contributed by atoms with Crippen LogP contribution in [0, 0.1) is 0 Å². The SMILES string of the molecule is COCC(CCCN)NCCC(=O)N1CCOCC1. The fourth-order valence-corrected chi connectivity index (χ4v) is 2.16. The van der Waals surface area contributed by atoms with Gasteiger partial charge in [-0.15, -0.1) is 0 Å². The largest absolute Gasteiger partial charge is 0.383 e. The average molecular weight is 273 g/mol. The van der Waals surface area contributed by atoms with Gasteiger partial charge in [-0.2, -0.15) is 0 Å². The molecule has 6 nitrogen and oxygen atoms in total. The van der Waals surface area contributed by atoms with Gasteiger partial charge in [0.2, 0.25) is 5.91 Å². The highest BCUT2D eigenvalue weighted by Gasteiger charge is 2.16. The highest BCUT2D eigenvalue weighted by atomic mass is 16.5. The number of carbonyl (C=O) groups excluding carboxylic acids is 1. The molecule has 0 aromatic carbocycles. The predicted molar refractivity (Wildman–Crippen MR) is 74.0 cm³/mol. The number of hydrogen-bond acceptors (Lipinski definition) is 5. The standard InChI is InChI=1S/C13H27N3O3/c1-18-11-12(3-2-5-14)15-6-4-13(17)16-7-9-19-10-8-16/h12,15H,2-11,14H2,1H3. The summed E-state index contributed by atoms with van der Waals surface area (Å²) in [6, 6.07) is 0.283. The van der Waals surface area contributed by atoms with Gasteiger partial charge in [0.05, 0.1) is 19.8 Å². The summed E-state index contributed by atoms with van der Waals surface area (Å²) < 4.78 is 10.4. The molecule has 0 aromatic rings. The Labute approximate surface area is 115 Å². The molecule has 0 bridgehead atoms. The van der Waals surface area contributed by atoms with Crippen molar-refractivity contribution in [2.45, 2.75) is 25.3 Å². The van der Waals surface area contributed by atoms with Gasteiger partial charge in [0.15, 0.2) is 0 Å². The van der Waals surface area contributed by atoms with Crippen LogP contribution < -0.4 is 11.1 Å². The van der Waals surface area contributed by atoms with Crippen LogP contribution in [0.1, 0.15) is 19.3 Å². The zero-order chi connectivity index (χ0) is 13.9. The van der Waals surface area contributed by atoms with Crippen molar-refractivity contribution < 1.29 is 14.3 Å². The first-order chi connectivity index (χ1) is 9.27. The second-order valence-electron chi connectivity index (χ2n) is 4.78. The van der Waals surface area contributed by atoms with E-state index in [-0.39, 0.29) is 11.9 Å². The first-order valence-electron chi connectivity index (χ1n) is 7.05. The molecule has 0 saturated carbocycles. The molecule has 1 aliphatic rings. The van der Waals surface area contributed by atoms with Crippen LogP contribution in [-0.2, 0) is 14.3 Å². The number of amides is 1. The fraction of sp³-hybridized carbons (Fsp3) is 0.923. The lowest BCUT2D eigenvalue weighted by Gasteiger charge is -2.27. The van der Waals surface area contributed by atoms with Crippen molar-refractivity contribution >= 4 is 5.91 Å². The maximum absolute atomic E-state index is 11.9. The highest BCUT2D eigenvalue weighted by Crippen LogP contribution is 2.01. The van der Waals surface area contributed by atoms with E-state index in [0.717, 1.165) is 12.8 Å². The van der Waals surface area contributed by atoms with Gasteiger partial charge in [0.25, 0.3) is 0 Å². The Kier molecular flexibility index (Phi) is 8.73. The van der Waals surface area contributed by atoms with Crippen LogP contribution in [0.15, 0.2) is 0 Å². The summed E-state index contributed by atoms with van der Waals surface area (Å²) >= 11 is 0. The average Bonchev–Trinajstić information content (AvgIpc) is 2.45. The van der Waals surface area contributed by atoms with Gasteiger partial charge < -0.3 is 25.4 Å². The molecule has 0 spiro atoms. The number of hydrogen-bond donors (Lipinski definition) is 2. The van der Waals surface area contributed by atoms with E-state index in [9.17, 15) is 4.79 Å². The van der Waals surface area contributed by atoms with E-state index >= 15 is 0 Å². The predicted octanol–water partition coefficient (Wildman–Crippen LogP) is -0.421. The number of methoxy groups -OCH3 is 1. The number of nitrogens with zero attached hydrogens (tertiary/aromatic N) is 1. The van der Waals surface area contributed by atoms with Crippen LogP contribution in [0.5, 0.6) is 0 Å². The summed E-state index contributed by atoms with van der Waals surface area (Å²) in [6.45, 7) is 4.78. The second kappa shape index (κ2) is 10.1. The minimum Gasteiger partial charge on any atom is -0.383 e. The molecule has 1 aliphatic heterocycles. The zero-order valence-electron chi connectivity index (χ0n) is 11.9. The van der Waals surface area contributed by atoms with Crippen molar-refractivity contribution in [3.63, 3.8) is 0 Å². The number of morpholine rings is 1. The molecule has 1 unspecified atom stereocenters. The van der Waals surface area contributed by atoms with Crippen LogP contribution in [0.3, 0.4) is 0 Å². The molecule has 1 amide bonds. The van der Waals surface area contributed by atoms with E-state index in [1.165, 1.54) is 0 Å². The summed E-state index contributed by atoms with van der Waals surface area (Å²) in [4.78, 5) is 13.8. The molecule has 19 heavy (non-hydrogen) atoms.